The number of Topliss-reactive ketones (excluding diaryl/α,β-unsaturated/α-hetero) is 1. The number of carbonyl (C=O) groups is 1. The molecular formula is C12H15ClO4. The second kappa shape index (κ2) is 6.71. The first-order valence-corrected chi connectivity index (χ1v) is 5.79. The van der Waals surface area contributed by atoms with E-state index in [1.807, 2.05) is 0 Å². The maximum Gasteiger partial charge on any atom is 0.177 e. The second-order valence-corrected chi connectivity index (χ2v) is 3.97. The van der Waals surface area contributed by atoms with E-state index in [9.17, 15) is 15.0 Å². The minimum Gasteiger partial charge on any atom is -0.396 e. The fourth-order valence-corrected chi connectivity index (χ4v) is 1.61. The van der Waals surface area contributed by atoms with Gasteiger partial charge in [-0.1, -0.05) is 24.3 Å². The van der Waals surface area contributed by atoms with Crippen molar-refractivity contribution in [1.29, 1.82) is 0 Å². The Balaban J connectivity index is 2.76. The number of aliphatic hydroxyl groups is 3. The van der Waals surface area contributed by atoms with Crippen LogP contribution in [0.2, 0.25) is 0 Å². The Morgan fingerprint density at radius 3 is 2.29 bits per heavy atom. The summed E-state index contributed by atoms with van der Waals surface area (Å²) >= 11 is 5.41. The molecule has 0 fully saturated rings. The molecule has 0 radical (unpaired) electrons. The third kappa shape index (κ3) is 3.78. The lowest BCUT2D eigenvalue weighted by Gasteiger charge is -2.17. The molecular weight excluding hydrogens is 244 g/mol. The van der Waals surface area contributed by atoms with Gasteiger partial charge in [-0.2, -0.15) is 0 Å². The summed E-state index contributed by atoms with van der Waals surface area (Å²) in [6, 6.07) is 6.22. The first-order chi connectivity index (χ1) is 8.10. The summed E-state index contributed by atoms with van der Waals surface area (Å²) in [5.41, 5.74) is 0.963. The van der Waals surface area contributed by atoms with Crippen LogP contribution < -0.4 is 0 Å². The Bertz CT molecular complexity index is 363. The lowest BCUT2D eigenvalue weighted by atomic mass is 10.0. The van der Waals surface area contributed by atoms with Crippen LogP contribution in [0, 0.1) is 0 Å². The molecule has 0 heterocycles. The van der Waals surface area contributed by atoms with Crippen LogP contribution in [0.4, 0.5) is 0 Å². The summed E-state index contributed by atoms with van der Waals surface area (Å²) in [7, 11) is 0. The minimum absolute atomic E-state index is 0.0883. The molecule has 2 atom stereocenters. The number of aliphatic hydroxyl groups excluding tert-OH is 3. The Kier molecular flexibility index (Phi) is 5.58. The highest BCUT2D eigenvalue weighted by Crippen LogP contribution is 2.19. The van der Waals surface area contributed by atoms with Gasteiger partial charge in [0.1, 0.15) is 6.10 Å². The van der Waals surface area contributed by atoms with Crippen LogP contribution in [0.3, 0.4) is 0 Å². The Morgan fingerprint density at radius 1 is 1.24 bits per heavy atom. The lowest BCUT2D eigenvalue weighted by Crippen LogP contribution is -2.19. The van der Waals surface area contributed by atoms with Gasteiger partial charge in [0.05, 0.1) is 12.0 Å². The molecule has 0 saturated heterocycles. The van der Waals surface area contributed by atoms with Crippen molar-refractivity contribution >= 4 is 17.4 Å². The van der Waals surface area contributed by atoms with Crippen molar-refractivity contribution in [2.45, 2.75) is 18.6 Å². The van der Waals surface area contributed by atoms with E-state index in [2.05, 4.69) is 0 Å². The van der Waals surface area contributed by atoms with Gasteiger partial charge in [0, 0.05) is 12.2 Å². The standard InChI is InChI=1S/C12H15ClO4/c13-7-11(16)8-1-3-9(4-2-8)12(17)10(15)5-6-14/h1-4,10,12,14-15,17H,5-7H2. The molecule has 94 valence electrons. The maximum atomic E-state index is 11.3. The highest BCUT2D eigenvalue weighted by molar-refractivity contribution is 6.30. The molecule has 4 nitrogen and oxygen atoms in total. The Morgan fingerprint density at radius 2 is 1.82 bits per heavy atom. The van der Waals surface area contributed by atoms with E-state index >= 15 is 0 Å². The zero-order valence-corrected chi connectivity index (χ0v) is 9.97. The van der Waals surface area contributed by atoms with E-state index in [0.717, 1.165) is 0 Å². The molecule has 0 aliphatic heterocycles. The highest BCUT2D eigenvalue weighted by atomic mass is 35.5. The van der Waals surface area contributed by atoms with Gasteiger partial charge in [0.2, 0.25) is 0 Å². The largest absolute Gasteiger partial charge is 0.396 e. The van der Waals surface area contributed by atoms with Gasteiger partial charge in [0.15, 0.2) is 5.78 Å². The fraction of sp³-hybridized carbons (Fsp3) is 0.417. The Labute approximate surface area is 104 Å². The Hall–Kier alpha value is -0.940. The normalized spacial score (nSPS) is 14.4. The van der Waals surface area contributed by atoms with Crippen LogP contribution in [-0.2, 0) is 0 Å². The van der Waals surface area contributed by atoms with Crippen molar-refractivity contribution in [3.05, 3.63) is 35.4 Å². The summed E-state index contributed by atoms with van der Waals surface area (Å²) in [6.07, 6.45) is -1.99. The summed E-state index contributed by atoms with van der Waals surface area (Å²) in [5.74, 6) is -0.279. The van der Waals surface area contributed by atoms with Crippen LogP contribution in [0.15, 0.2) is 24.3 Å². The smallest absolute Gasteiger partial charge is 0.177 e. The summed E-state index contributed by atoms with van der Waals surface area (Å²) in [6.45, 7) is -0.193. The molecule has 5 heteroatoms. The number of halogens is 1. The number of hydrogen-bond donors (Lipinski definition) is 3. The number of alkyl halides is 1. The van der Waals surface area contributed by atoms with E-state index in [0.29, 0.717) is 11.1 Å². The predicted octanol–water partition coefficient (Wildman–Crippen LogP) is 0.885. The van der Waals surface area contributed by atoms with Gasteiger partial charge < -0.3 is 15.3 Å². The average molecular weight is 259 g/mol. The summed E-state index contributed by atoms with van der Waals surface area (Å²) in [5, 5.41) is 27.9. The molecule has 0 aliphatic carbocycles. The monoisotopic (exact) mass is 258 g/mol. The molecule has 0 aliphatic rings. The van der Waals surface area contributed by atoms with E-state index in [1.54, 1.807) is 24.3 Å². The van der Waals surface area contributed by atoms with E-state index in [4.69, 9.17) is 16.7 Å². The van der Waals surface area contributed by atoms with Gasteiger partial charge in [-0.25, -0.2) is 0 Å². The first kappa shape index (κ1) is 14.1. The van der Waals surface area contributed by atoms with Crippen molar-refractivity contribution in [3.8, 4) is 0 Å². The second-order valence-electron chi connectivity index (χ2n) is 3.70. The molecule has 0 spiro atoms. The predicted molar refractivity (Wildman–Crippen MR) is 64.2 cm³/mol. The average Bonchev–Trinajstić information content (AvgIpc) is 2.37. The van der Waals surface area contributed by atoms with Crippen molar-refractivity contribution < 1.29 is 20.1 Å². The van der Waals surface area contributed by atoms with Crippen molar-refractivity contribution in [2.75, 3.05) is 12.5 Å². The third-order valence-electron chi connectivity index (χ3n) is 2.48. The third-order valence-corrected chi connectivity index (χ3v) is 2.73. The first-order valence-electron chi connectivity index (χ1n) is 5.26. The van der Waals surface area contributed by atoms with E-state index in [-0.39, 0.29) is 24.7 Å². The van der Waals surface area contributed by atoms with Crippen LogP contribution in [0.1, 0.15) is 28.4 Å². The number of ketones is 1. The summed E-state index contributed by atoms with van der Waals surface area (Å²) in [4.78, 5) is 11.3. The lowest BCUT2D eigenvalue weighted by molar-refractivity contribution is 0.00421. The maximum absolute atomic E-state index is 11.3. The molecule has 3 N–H and O–H groups in total. The van der Waals surface area contributed by atoms with E-state index < -0.39 is 12.2 Å². The highest BCUT2D eigenvalue weighted by Gasteiger charge is 2.17. The quantitative estimate of drug-likeness (QED) is 0.523. The molecule has 0 amide bonds. The van der Waals surface area contributed by atoms with Gasteiger partial charge in [-0.15, -0.1) is 11.6 Å². The number of rotatable bonds is 6. The molecule has 0 bridgehead atoms. The minimum atomic E-state index is -1.07. The van der Waals surface area contributed by atoms with Crippen LogP contribution in [0.25, 0.3) is 0 Å². The van der Waals surface area contributed by atoms with Gasteiger partial charge in [-0.05, 0) is 12.0 Å². The number of benzene rings is 1. The number of carbonyl (C=O) groups excluding carboxylic acids is 1. The molecule has 2 unspecified atom stereocenters. The van der Waals surface area contributed by atoms with Crippen molar-refractivity contribution in [3.63, 3.8) is 0 Å². The molecule has 1 rings (SSSR count). The molecule has 1 aromatic carbocycles. The van der Waals surface area contributed by atoms with E-state index in [1.165, 1.54) is 0 Å². The van der Waals surface area contributed by atoms with Gasteiger partial charge >= 0.3 is 0 Å². The molecule has 0 aromatic heterocycles. The van der Waals surface area contributed by atoms with Crippen LogP contribution in [-0.4, -0.2) is 39.7 Å². The zero-order valence-electron chi connectivity index (χ0n) is 9.21. The van der Waals surface area contributed by atoms with Crippen molar-refractivity contribution in [2.24, 2.45) is 0 Å². The number of hydrogen-bond acceptors (Lipinski definition) is 4. The summed E-state index contributed by atoms with van der Waals surface area (Å²) < 4.78 is 0. The van der Waals surface area contributed by atoms with Gasteiger partial charge in [0.25, 0.3) is 0 Å². The van der Waals surface area contributed by atoms with Gasteiger partial charge in [-0.3, -0.25) is 4.79 Å². The van der Waals surface area contributed by atoms with Crippen LogP contribution >= 0.6 is 11.6 Å². The zero-order chi connectivity index (χ0) is 12.8. The fourth-order valence-electron chi connectivity index (χ4n) is 1.46. The molecule has 1 aromatic rings. The molecule has 0 saturated carbocycles. The molecule has 17 heavy (non-hydrogen) atoms. The van der Waals surface area contributed by atoms with Crippen molar-refractivity contribution in [1.82, 2.24) is 0 Å². The van der Waals surface area contributed by atoms with Crippen LogP contribution in [0.5, 0.6) is 0 Å². The SMILES string of the molecule is O=C(CCl)c1ccc(C(O)C(O)CCO)cc1. The topological polar surface area (TPSA) is 77.8 Å².